The molecule has 0 radical (unpaired) electrons. The fourth-order valence-corrected chi connectivity index (χ4v) is 2.00. The van der Waals surface area contributed by atoms with Crippen LogP contribution in [-0.2, 0) is 13.0 Å². The van der Waals surface area contributed by atoms with Crippen LogP contribution < -0.4 is 0 Å². The Morgan fingerprint density at radius 2 is 1.76 bits per heavy atom. The first kappa shape index (κ1) is 12.5. The number of hydrogen-bond acceptors (Lipinski definition) is 6. The minimum Gasteiger partial charge on any atom is -0.424 e. The zero-order chi connectivity index (χ0) is 12.1. The molecule has 17 heavy (non-hydrogen) atoms. The molecule has 0 unspecified atom stereocenters. The van der Waals surface area contributed by atoms with Gasteiger partial charge in [-0.15, -0.1) is 10.2 Å². The van der Waals surface area contributed by atoms with Gasteiger partial charge in [0.1, 0.15) is 0 Å². The number of β-amino-alcohol motifs (C(OH)–C–C–N with tert-alkyl or cyclic N) is 1. The van der Waals surface area contributed by atoms with Crippen molar-refractivity contribution in [2.75, 3.05) is 39.3 Å². The Hall–Kier alpha value is -0.980. The third-order valence-corrected chi connectivity index (χ3v) is 3.05. The highest BCUT2D eigenvalue weighted by atomic mass is 16.4. The van der Waals surface area contributed by atoms with Gasteiger partial charge in [0.05, 0.1) is 13.2 Å². The van der Waals surface area contributed by atoms with Crippen molar-refractivity contribution in [1.82, 2.24) is 20.0 Å². The number of rotatable bonds is 5. The molecule has 6 nitrogen and oxygen atoms in total. The topological polar surface area (TPSA) is 65.6 Å². The third kappa shape index (κ3) is 3.49. The van der Waals surface area contributed by atoms with Gasteiger partial charge < -0.3 is 9.52 Å². The molecular formula is C11H20N4O2. The first-order valence-corrected chi connectivity index (χ1v) is 6.18. The largest absolute Gasteiger partial charge is 0.424 e. The summed E-state index contributed by atoms with van der Waals surface area (Å²) in [6.07, 6.45) is 0.789. The summed E-state index contributed by atoms with van der Waals surface area (Å²) in [5.41, 5.74) is 0. The van der Waals surface area contributed by atoms with Crippen LogP contribution in [0.25, 0.3) is 0 Å². The predicted molar refractivity (Wildman–Crippen MR) is 62.5 cm³/mol. The van der Waals surface area contributed by atoms with E-state index in [1.54, 1.807) is 0 Å². The maximum atomic E-state index is 8.86. The van der Waals surface area contributed by atoms with Crippen LogP contribution in [-0.4, -0.2) is 64.4 Å². The lowest BCUT2D eigenvalue weighted by molar-refractivity contribution is 0.102. The Kier molecular flexibility index (Phi) is 4.47. The molecule has 2 heterocycles. The average Bonchev–Trinajstić information content (AvgIpc) is 2.80. The lowest BCUT2D eigenvalue weighted by atomic mass is 10.3. The molecule has 0 aliphatic carbocycles. The number of nitrogens with zero attached hydrogens (tertiary/aromatic N) is 4. The molecule has 6 heteroatoms. The van der Waals surface area contributed by atoms with Gasteiger partial charge in [-0.25, -0.2) is 0 Å². The molecule has 1 N–H and O–H groups in total. The molecule has 1 aromatic heterocycles. The van der Waals surface area contributed by atoms with E-state index in [1.165, 1.54) is 0 Å². The van der Waals surface area contributed by atoms with E-state index in [9.17, 15) is 0 Å². The van der Waals surface area contributed by atoms with Gasteiger partial charge in [-0.3, -0.25) is 9.80 Å². The molecule has 0 saturated carbocycles. The number of hydrogen-bond donors (Lipinski definition) is 1. The summed E-state index contributed by atoms with van der Waals surface area (Å²) in [7, 11) is 0. The molecule has 0 spiro atoms. The van der Waals surface area contributed by atoms with E-state index < -0.39 is 0 Å². The third-order valence-electron chi connectivity index (χ3n) is 3.05. The molecular weight excluding hydrogens is 220 g/mol. The molecule has 0 bridgehead atoms. The second-order valence-electron chi connectivity index (χ2n) is 4.28. The maximum Gasteiger partial charge on any atom is 0.230 e. The standard InChI is InChI=1S/C11H20N4O2/c1-2-10-12-13-11(17-10)9-15-5-3-14(4-6-15)7-8-16/h16H,2-9H2,1H3. The van der Waals surface area contributed by atoms with Crippen LogP contribution in [0.15, 0.2) is 4.42 Å². The average molecular weight is 240 g/mol. The van der Waals surface area contributed by atoms with Crippen molar-refractivity contribution < 1.29 is 9.52 Å². The summed E-state index contributed by atoms with van der Waals surface area (Å²) in [6, 6.07) is 0. The zero-order valence-electron chi connectivity index (χ0n) is 10.3. The highest BCUT2D eigenvalue weighted by molar-refractivity contribution is 4.83. The monoisotopic (exact) mass is 240 g/mol. The van der Waals surface area contributed by atoms with Gasteiger partial charge in [-0.1, -0.05) is 6.92 Å². The molecule has 1 fully saturated rings. The summed E-state index contributed by atoms with van der Waals surface area (Å²) in [4.78, 5) is 4.57. The molecule has 1 saturated heterocycles. The highest BCUT2D eigenvalue weighted by Crippen LogP contribution is 2.07. The van der Waals surface area contributed by atoms with Gasteiger partial charge in [0.25, 0.3) is 0 Å². The number of piperazine rings is 1. The van der Waals surface area contributed by atoms with E-state index in [-0.39, 0.29) is 6.61 Å². The lowest BCUT2D eigenvalue weighted by Crippen LogP contribution is -2.46. The minimum absolute atomic E-state index is 0.240. The Bertz CT molecular complexity index is 334. The molecule has 0 aromatic carbocycles. The van der Waals surface area contributed by atoms with Crippen molar-refractivity contribution in [1.29, 1.82) is 0 Å². The quantitative estimate of drug-likeness (QED) is 0.765. The fourth-order valence-electron chi connectivity index (χ4n) is 2.00. The number of aliphatic hydroxyl groups excluding tert-OH is 1. The van der Waals surface area contributed by atoms with Crippen LogP contribution in [0.4, 0.5) is 0 Å². The summed E-state index contributed by atoms with van der Waals surface area (Å²) in [5, 5.41) is 16.8. The van der Waals surface area contributed by atoms with E-state index in [2.05, 4.69) is 20.0 Å². The Morgan fingerprint density at radius 1 is 1.12 bits per heavy atom. The molecule has 1 aliphatic rings. The van der Waals surface area contributed by atoms with Gasteiger partial charge in [0.15, 0.2) is 0 Å². The molecule has 1 aromatic rings. The number of aromatic nitrogens is 2. The summed E-state index contributed by atoms with van der Waals surface area (Å²) in [6.45, 7) is 7.72. The number of aryl methyl sites for hydroxylation is 1. The van der Waals surface area contributed by atoms with Gasteiger partial charge in [0.2, 0.25) is 11.8 Å². The Labute approximate surface area is 101 Å². The summed E-state index contributed by atoms with van der Waals surface area (Å²) >= 11 is 0. The van der Waals surface area contributed by atoms with E-state index in [1.807, 2.05) is 6.92 Å². The fraction of sp³-hybridized carbons (Fsp3) is 0.818. The van der Waals surface area contributed by atoms with Crippen molar-refractivity contribution >= 4 is 0 Å². The molecule has 1 aliphatic heterocycles. The van der Waals surface area contributed by atoms with Crippen LogP contribution in [0.2, 0.25) is 0 Å². The predicted octanol–water partition coefficient (Wildman–Crippen LogP) is -0.258. The van der Waals surface area contributed by atoms with Crippen molar-refractivity contribution in [2.45, 2.75) is 19.9 Å². The van der Waals surface area contributed by atoms with E-state index >= 15 is 0 Å². The van der Waals surface area contributed by atoms with Crippen molar-refractivity contribution in [3.05, 3.63) is 11.8 Å². The van der Waals surface area contributed by atoms with Gasteiger partial charge in [0, 0.05) is 39.1 Å². The van der Waals surface area contributed by atoms with E-state index in [4.69, 9.17) is 9.52 Å². The Balaban J connectivity index is 1.77. The molecule has 0 atom stereocenters. The smallest absolute Gasteiger partial charge is 0.230 e. The molecule has 2 rings (SSSR count). The zero-order valence-corrected chi connectivity index (χ0v) is 10.3. The maximum absolute atomic E-state index is 8.86. The molecule has 96 valence electrons. The summed E-state index contributed by atoms with van der Waals surface area (Å²) in [5.74, 6) is 1.41. The normalized spacial score (nSPS) is 18.7. The van der Waals surface area contributed by atoms with Crippen molar-refractivity contribution in [2.24, 2.45) is 0 Å². The van der Waals surface area contributed by atoms with Crippen LogP contribution in [0.1, 0.15) is 18.7 Å². The second-order valence-corrected chi connectivity index (χ2v) is 4.28. The SMILES string of the molecule is CCc1nnc(CN2CCN(CCO)CC2)o1. The van der Waals surface area contributed by atoms with Crippen LogP contribution in [0.3, 0.4) is 0 Å². The summed E-state index contributed by atoms with van der Waals surface area (Å²) < 4.78 is 5.49. The first-order chi connectivity index (χ1) is 8.31. The van der Waals surface area contributed by atoms with Crippen molar-refractivity contribution in [3.8, 4) is 0 Å². The van der Waals surface area contributed by atoms with Crippen LogP contribution in [0, 0.1) is 0 Å². The number of aliphatic hydroxyl groups is 1. The second kappa shape index (κ2) is 6.09. The van der Waals surface area contributed by atoms with Crippen LogP contribution in [0.5, 0.6) is 0 Å². The van der Waals surface area contributed by atoms with E-state index in [0.717, 1.165) is 45.7 Å². The van der Waals surface area contributed by atoms with Crippen molar-refractivity contribution in [3.63, 3.8) is 0 Å². The molecule has 0 amide bonds. The van der Waals surface area contributed by atoms with Gasteiger partial charge in [-0.2, -0.15) is 0 Å². The lowest BCUT2D eigenvalue weighted by Gasteiger charge is -2.33. The van der Waals surface area contributed by atoms with Crippen LogP contribution >= 0.6 is 0 Å². The van der Waals surface area contributed by atoms with Gasteiger partial charge >= 0.3 is 0 Å². The van der Waals surface area contributed by atoms with E-state index in [0.29, 0.717) is 11.8 Å². The first-order valence-electron chi connectivity index (χ1n) is 6.18. The highest BCUT2D eigenvalue weighted by Gasteiger charge is 2.18. The van der Waals surface area contributed by atoms with Gasteiger partial charge in [-0.05, 0) is 0 Å². The Morgan fingerprint density at radius 3 is 2.35 bits per heavy atom. The minimum atomic E-state index is 0.240.